The molecule has 1 aliphatic carbocycles. The molecule has 0 saturated heterocycles. The molecule has 0 aromatic carbocycles. The van der Waals surface area contributed by atoms with Crippen molar-refractivity contribution in [3.8, 4) is 0 Å². The minimum atomic E-state index is -0.693. The Hall–Kier alpha value is -2.30. The van der Waals surface area contributed by atoms with Crippen molar-refractivity contribution in [3.05, 3.63) is 28.9 Å². The Bertz CT molecular complexity index is 823. The maximum absolute atomic E-state index is 11.7. The van der Waals surface area contributed by atoms with Gasteiger partial charge in [0.05, 0.1) is 11.2 Å². The van der Waals surface area contributed by atoms with Crippen LogP contribution in [0.25, 0.3) is 0 Å². The van der Waals surface area contributed by atoms with Crippen LogP contribution in [-0.4, -0.2) is 32.9 Å². The quantitative estimate of drug-likeness (QED) is 0.484. The van der Waals surface area contributed by atoms with E-state index in [9.17, 15) is 4.79 Å². The van der Waals surface area contributed by atoms with Gasteiger partial charge in [-0.25, -0.2) is 9.97 Å². The zero-order chi connectivity index (χ0) is 18.7. The zero-order valence-corrected chi connectivity index (χ0v) is 15.7. The van der Waals surface area contributed by atoms with E-state index in [1.165, 1.54) is 17.5 Å². The predicted molar refractivity (Wildman–Crippen MR) is 108 cm³/mol. The number of nitrogens with two attached hydrogens (primary N) is 3. The SMILES string of the molecule is NC(=O)c1ncc(N[C@@H]2CCCCC2N)nc1NC(=S)c1ccsc1N. The van der Waals surface area contributed by atoms with Crippen molar-refractivity contribution in [1.29, 1.82) is 0 Å². The van der Waals surface area contributed by atoms with E-state index in [1.54, 1.807) is 6.07 Å². The molecule has 3 rings (SSSR count). The van der Waals surface area contributed by atoms with E-state index in [4.69, 9.17) is 29.4 Å². The van der Waals surface area contributed by atoms with E-state index in [2.05, 4.69) is 20.6 Å². The van der Waals surface area contributed by atoms with Crippen molar-refractivity contribution in [2.45, 2.75) is 37.8 Å². The molecule has 1 amide bonds. The summed E-state index contributed by atoms with van der Waals surface area (Å²) in [6.45, 7) is 0. The number of carbonyl (C=O) groups excluding carboxylic acids is 1. The highest BCUT2D eigenvalue weighted by Gasteiger charge is 2.23. The Morgan fingerprint density at radius 3 is 2.77 bits per heavy atom. The van der Waals surface area contributed by atoms with Crippen molar-refractivity contribution in [1.82, 2.24) is 9.97 Å². The summed E-state index contributed by atoms with van der Waals surface area (Å²) in [5.74, 6) is 0.0189. The lowest BCUT2D eigenvalue weighted by Crippen LogP contribution is -2.42. The lowest BCUT2D eigenvalue weighted by atomic mass is 9.91. The summed E-state index contributed by atoms with van der Waals surface area (Å²) in [5, 5.41) is 8.65. The Balaban J connectivity index is 1.83. The summed E-state index contributed by atoms with van der Waals surface area (Å²) in [6, 6.07) is 1.98. The zero-order valence-electron chi connectivity index (χ0n) is 14.1. The second-order valence-corrected chi connectivity index (χ2v) is 7.52. The predicted octanol–water partition coefficient (Wildman–Crippen LogP) is 1.69. The Kier molecular flexibility index (Phi) is 5.64. The van der Waals surface area contributed by atoms with E-state index in [0.29, 0.717) is 21.4 Å². The second-order valence-electron chi connectivity index (χ2n) is 6.17. The second kappa shape index (κ2) is 7.94. The number of anilines is 3. The number of hydrogen-bond acceptors (Lipinski definition) is 8. The third kappa shape index (κ3) is 4.09. The van der Waals surface area contributed by atoms with Crippen molar-refractivity contribution in [2.24, 2.45) is 11.5 Å². The van der Waals surface area contributed by atoms with E-state index < -0.39 is 5.91 Å². The number of aromatic nitrogens is 2. The van der Waals surface area contributed by atoms with Crippen LogP contribution in [0.2, 0.25) is 0 Å². The summed E-state index contributed by atoms with van der Waals surface area (Å²) in [6.07, 6.45) is 5.66. The number of nitrogens with one attached hydrogen (secondary N) is 2. The van der Waals surface area contributed by atoms with Gasteiger partial charge >= 0.3 is 0 Å². The third-order valence-electron chi connectivity index (χ3n) is 4.33. The molecule has 2 aromatic rings. The molecular weight excluding hydrogens is 370 g/mol. The van der Waals surface area contributed by atoms with E-state index >= 15 is 0 Å². The van der Waals surface area contributed by atoms with E-state index in [1.807, 2.05) is 5.38 Å². The normalized spacial score (nSPS) is 19.7. The molecular formula is C16H21N7OS2. The monoisotopic (exact) mass is 391 g/mol. The molecule has 1 aliphatic rings. The average Bonchev–Trinajstić information content (AvgIpc) is 3.03. The molecule has 2 atom stereocenters. The van der Waals surface area contributed by atoms with Gasteiger partial charge in [-0.05, 0) is 24.3 Å². The minimum Gasteiger partial charge on any atom is -0.390 e. The van der Waals surface area contributed by atoms with Crippen molar-refractivity contribution < 1.29 is 4.79 Å². The number of nitrogen functional groups attached to an aromatic ring is 1. The van der Waals surface area contributed by atoms with Gasteiger partial charge in [-0.2, -0.15) is 0 Å². The maximum Gasteiger partial charge on any atom is 0.271 e. The van der Waals surface area contributed by atoms with Crippen LogP contribution in [0.5, 0.6) is 0 Å². The standard InChI is InChI=1S/C16H21N7OS2/c17-9-3-1-2-4-10(9)21-11-7-20-12(13(18)24)15(22-11)23-16(25)8-5-6-26-14(8)19/h5-7,9-10H,1-4,17,19H2,(H2,18,24)(H2,21,22,23,25)/t9?,10-/m1/s1. The van der Waals surface area contributed by atoms with Crippen molar-refractivity contribution in [3.63, 3.8) is 0 Å². The van der Waals surface area contributed by atoms with Gasteiger partial charge in [-0.15, -0.1) is 11.3 Å². The Morgan fingerprint density at radius 1 is 1.35 bits per heavy atom. The van der Waals surface area contributed by atoms with E-state index in [0.717, 1.165) is 25.7 Å². The summed E-state index contributed by atoms with van der Waals surface area (Å²) >= 11 is 6.75. The fourth-order valence-corrected chi connectivity index (χ4v) is 3.93. The van der Waals surface area contributed by atoms with Crippen LogP contribution in [0, 0.1) is 0 Å². The molecule has 26 heavy (non-hydrogen) atoms. The number of primary amides is 1. The summed E-state index contributed by atoms with van der Waals surface area (Å²) in [4.78, 5) is 20.6. The van der Waals surface area contributed by atoms with Gasteiger partial charge in [0.2, 0.25) is 0 Å². The molecule has 0 spiro atoms. The van der Waals surface area contributed by atoms with Crippen LogP contribution < -0.4 is 27.8 Å². The lowest BCUT2D eigenvalue weighted by Gasteiger charge is -2.29. The van der Waals surface area contributed by atoms with Gasteiger partial charge in [-0.3, -0.25) is 4.79 Å². The number of nitrogens with zero attached hydrogens (tertiary/aromatic N) is 2. The minimum absolute atomic E-state index is 0.0136. The van der Waals surface area contributed by atoms with Crippen LogP contribution >= 0.6 is 23.6 Å². The van der Waals surface area contributed by atoms with Crippen LogP contribution in [0.3, 0.4) is 0 Å². The number of thiocarbonyl (C=S) groups is 1. The molecule has 8 N–H and O–H groups in total. The topological polar surface area (TPSA) is 145 Å². The number of thiophene rings is 1. The summed E-state index contributed by atoms with van der Waals surface area (Å²) in [5.41, 5.74) is 18.2. The number of carbonyl (C=O) groups is 1. The Morgan fingerprint density at radius 2 is 2.12 bits per heavy atom. The molecule has 8 nitrogen and oxygen atoms in total. The van der Waals surface area contributed by atoms with Gasteiger partial charge in [0.25, 0.3) is 5.91 Å². The first-order valence-electron chi connectivity index (χ1n) is 8.29. The molecule has 1 saturated carbocycles. The Labute approximate surface area is 160 Å². The molecule has 1 fully saturated rings. The largest absolute Gasteiger partial charge is 0.390 e. The fraction of sp³-hybridized carbons (Fsp3) is 0.375. The fourth-order valence-electron chi connectivity index (χ4n) is 2.94. The lowest BCUT2D eigenvalue weighted by molar-refractivity contribution is 0.0996. The molecule has 0 radical (unpaired) electrons. The van der Waals surface area contributed by atoms with Crippen molar-refractivity contribution in [2.75, 3.05) is 16.4 Å². The average molecular weight is 392 g/mol. The number of rotatable bonds is 5. The third-order valence-corrected chi connectivity index (χ3v) is 5.40. The molecule has 10 heteroatoms. The first-order chi connectivity index (χ1) is 12.5. The smallest absolute Gasteiger partial charge is 0.271 e. The molecule has 2 heterocycles. The summed E-state index contributed by atoms with van der Waals surface area (Å²) < 4.78 is 0. The maximum atomic E-state index is 11.7. The first-order valence-corrected chi connectivity index (χ1v) is 9.57. The van der Waals surface area contributed by atoms with Crippen LogP contribution in [0.4, 0.5) is 16.6 Å². The highest BCUT2D eigenvalue weighted by molar-refractivity contribution is 7.81. The van der Waals surface area contributed by atoms with Gasteiger partial charge < -0.3 is 27.8 Å². The van der Waals surface area contributed by atoms with Crippen molar-refractivity contribution >= 4 is 51.1 Å². The number of hydrogen-bond donors (Lipinski definition) is 5. The first kappa shape index (κ1) is 18.5. The number of amides is 1. The summed E-state index contributed by atoms with van der Waals surface area (Å²) in [7, 11) is 0. The molecule has 1 unspecified atom stereocenters. The molecule has 2 aromatic heterocycles. The van der Waals surface area contributed by atoms with Gasteiger partial charge in [0.15, 0.2) is 11.5 Å². The highest BCUT2D eigenvalue weighted by Crippen LogP contribution is 2.24. The van der Waals surface area contributed by atoms with Gasteiger partial charge in [0.1, 0.15) is 10.8 Å². The molecule has 0 bridgehead atoms. The van der Waals surface area contributed by atoms with Crippen LogP contribution in [0.15, 0.2) is 17.6 Å². The van der Waals surface area contributed by atoms with Crippen LogP contribution in [0.1, 0.15) is 41.7 Å². The molecule has 138 valence electrons. The van der Waals surface area contributed by atoms with Gasteiger partial charge in [0, 0.05) is 17.6 Å². The highest BCUT2D eigenvalue weighted by atomic mass is 32.1. The molecule has 0 aliphatic heterocycles. The van der Waals surface area contributed by atoms with E-state index in [-0.39, 0.29) is 23.6 Å². The van der Waals surface area contributed by atoms with Gasteiger partial charge in [-0.1, -0.05) is 25.1 Å². The van der Waals surface area contributed by atoms with Crippen LogP contribution in [-0.2, 0) is 0 Å².